The summed E-state index contributed by atoms with van der Waals surface area (Å²) in [5.74, 6) is 0. The first kappa shape index (κ1) is 11.0. The minimum Gasteiger partial charge on any atom is -0.392 e. The molecule has 0 unspecified atom stereocenters. The molecule has 4 fully saturated rings. The Morgan fingerprint density at radius 1 is 0.938 bits per heavy atom. The minimum atomic E-state index is -0.0828. The lowest BCUT2D eigenvalue weighted by Crippen LogP contribution is -2.68. The van der Waals surface area contributed by atoms with Gasteiger partial charge >= 0.3 is 0 Å². The topological polar surface area (TPSA) is 26.7 Å². The maximum absolute atomic E-state index is 10.8. The van der Waals surface area contributed by atoms with Crippen LogP contribution in [0.15, 0.2) is 0 Å². The molecular formula is C13H24N2O. The predicted molar refractivity (Wildman–Crippen MR) is 64.3 cm³/mol. The summed E-state index contributed by atoms with van der Waals surface area (Å²) in [6.07, 6.45) is 2.15. The average Bonchev–Trinajstić information content (AvgIpc) is 2.52. The number of fused-ring (bicyclic) bond motifs is 1. The Labute approximate surface area is 98.4 Å². The van der Waals surface area contributed by atoms with Crippen molar-refractivity contribution >= 4 is 0 Å². The second-order valence-corrected chi connectivity index (χ2v) is 6.26. The van der Waals surface area contributed by atoms with E-state index in [9.17, 15) is 5.11 Å². The first-order valence-corrected chi connectivity index (χ1v) is 6.77. The largest absolute Gasteiger partial charge is 0.392 e. The van der Waals surface area contributed by atoms with Crippen molar-refractivity contribution in [3.05, 3.63) is 0 Å². The first-order chi connectivity index (χ1) is 7.64. The van der Waals surface area contributed by atoms with Crippen LogP contribution in [0, 0.1) is 10.8 Å². The second kappa shape index (κ2) is 3.44. The van der Waals surface area contributed by atoms with Crippen LogP contribution >= 0.6 is 0 Å². The van der Waals surface area contributed by atoms with E-state index in [2.05, 4.69) is 23.6 Å². The van der Waals surface area contributed by atoms with E-state index in [1.807, 2.05) is 0 Å². The van der Waals surface area contributed by atoms with Gasteiger partial charge in [-0.15, -0.1) is 0 Å². The molecule has 0 aromatic heterocycles. The molecule has 3 heteroatoms. The van der Waals surface area contributed by atoms with Crippen molar-refractivity contribution in [1.82, 2.24) is 9.80 Å². The van der Waals surface area contributed by atoms with Crippen molar-refractivity contribution in [2.24, 2.45) is 10.8 Å². The van der Waals surface area contributed by atoms with Crippen molar-refractivity contribution in [1.29, 1.82) is 0 Å². The molecule has 0 aliphatic carbocycles. The maximum Gasteiger partial charge on any atom is 0.0701 e. The van der Waals surface area contributed by atoms with Gasteiger partial charge in [-0.25, -0.2) is 0 Å². The van der Waals surface area contributed by atoms with Crippen molar-refractivity contribution < 1.29 is 5.11 Å². The van der Waals surface area contributed by atoms with Gasteiger partial charge in [0.15, 0.2) is 0 Å². The molecule has 92 valence electrons. The van der Waals surface area contributed by atoms with E-state index in [1.165, 1.54) is 13.1 Å². The molecule has 0 radical (unpaired) electrons. The molecular weight excluding hydrogens is 200 g/mol. The monoisotopic (exact) mass is 224 g/mol. The molecule has 4 bridgehead atoms. The predicted octanol–water partition coefficient (Wildman–Crippen LogP) is 0.785. The number of aliphatic hydroxyl groups is 1. The fourth-order valence-electron chi connectivity index (χ4n) is 4.42. The third-order valence-corrected chi connectivity index (χ3v) is 5.45. The number of piperidine rings is 2. The van der Waals surface area contributed by atoms with Crippen molar-refractivity contribution in [2.75, 3.05) is 39.3 Å². The summed E-state index contributed by atoms with van der Waals surface area (Å²) in [6, 6.07) is 0. The number of hydrogen-bond acceptors (Lipinski definition) is 3. The van der Waals surface area contributed by atoms with Gasteiger partial charge in [0.2, 0.25) is 0 Å². The van der Waals surface area contributed by atoms with Gasteiger partial charge in [-0.3, -0.25) is 0 Å². The molecule has 4 rings (SSSR count). The lowest BCUT2D eigenvalue weighted by atomic mass is 9.59. The lowest BCUT2D eigenvalue weighted by Gasteiger charge is -2.59. The molecule has 0 saturated carbocycles. The maximum atomic E-state index is 10.8. The number of rotatable bonds is 2. The molecule has 0 aromatic carbocycles. The van der Waals surface area contributed by atoms with Gasteiger partial charge in [0.05, 0.1) is 6.10 Å². The zero-order valence-electron chi connectivity index (χ0n) is 10.6. The summed E-state index contributed by atoms with van der Waals surface area (Å²) in [7, 11) is 0. The van der Waals surface area contributed by atoms with Crippen molar-refractivity contribution in [3.63, 3.8) is 0 Å². The van der Waals surface area contributed by atoms with Crippen LogP contribution in [0.1, 0.15) is 26.7 Å². The molecule has 3 nitrogen and oxygen atoms in total. The van der Waals surface area contributed by atoms with Crippen LogP contribution in [0.5, 0.6) is 0 Å². The van der Waals surface area contributed by atoms with Crippen molar-refractivity contribution in [3.8, 4) is 0 Å². The van der Waals surface area contributed by atoms with Gasteiger partial charge in [-0.2, -0.15) is 0 Å². The number of nitrogens with zero attached hydrogens (tertiary/aromatic N) is 2. The molecule has 0 spiro atoms. The van der Waals surface area contributed by atoms with Crippen molar-refractivity contribution in [2.45, 2.75) is 32.8 Å². The fourth-order valence-corrected chi connectivity index (χ4v) is 4.42. The second-order valence-electron chi connectivity index (χ2n) is 6.26. The van der Waals surface area contributed by atoms with Crippen LogP contribution < -0.4 is 0 Å². The highest BCUT2D eigenvalue weighted by Gasteiger charge is 2.59. The zero-order chi connectivity index (χ0) is 11.4. The summed E-state index contributed by atoms with van der Waals surface area (Å²) in [5.41, 5.74) is 0.312. The van der Waals surface area contributed by atoms with Gasteiger partial charge < -0.3 is 14.9 Å². The average molecular weight is 224 g/mol. The van der Waals surface area contributed by atoms with Crippen LogP contribution in [-0.4, -0.2) is 60.3 Å². The third-order valence-electron chi connectivity index (χ3n) is 5.45. The normalized spacial score (nSPS) is 55.3. The summed E-state index contributed by atoms with van der Waals surface area (Å²) in [4.78, 5) is 5.21. The highest BCUT2D eigenvalue weighted by atomic mass is 16.3. The van der Waals surface area contributed by atoms with Crippen LogP contribution in [0.3, 0.4) is 0 Å². The van der Waals surface area contributed by atoms with E-state index in [0.29, 0.717) is 0 Å². The number of hydrogen-bond donors (Lipinski definition) is 1. The van der Waals surface area contributed by atoms with Gasteiger partial charge in [0.25, 0.3) is 0 Å². The molecule has 1 N–H and O–H groups in total. The smallest absolute Gasteiger partial charge is 0.0701 e. The van der Waals surface area contributed by atoms with E-state index >= 15 is 0 Å². The van der Waals surface area contributed by atoms with Gasteiger partial charge in [-0.05, 0) is 12.8 Å². The zero-order valence-corrected chi connectivity index (χ0v) is 10.6. The highest BCUT2D eigenvalue weighted by molar-refractivity contribution is 5.11. The third kappa shape index (κ3) is 1.25. The van der Waals surface area contributed by atoms with Gasteiger partial charge in [-0.1, -0.05) is 13.8 Å². The van der Waals surface area contributed by atoms with E-state index in [-0.39, 0.29) is 16.9 Å². The first-order valence-electron chi connectivity index (χ1n) is 6.77. The number of aliphatic hydroxyl groups excluding tert-OH is 1. The van der Waals surface area contributed by atoms with Gasteiger partial charge in [0.1, 0.15) is 0 Å². The van der Waals surface area contributed by atoms with Gasteiger partial charge in [0, 0.05) is 50.1 Å². The quantitative estimate of drug-likeness (QED) is 0.751. The molecule has 0 amide bonds. The summed E-state index contributed by atoms with van der Waals surface area (Å²) in [5, 5.41) is 10.8. The van der Waals surface area contributed by atoms with E-state index in [1.54, 1.807) is 0 Å². The lowest BCUT2D eigenvalue weighted by molar-refractivity contribution is -0.171. The minimum absolute atomic E-state index is 0.0828. The van der Waals surface area contributed by atoms with Crippen LogP contribution in [0.25, 0.3) is 0 Å². The van der Waals surface area contributed by atoms with E-state index in [0.717, 1.165) is 39.0 Å². The summed E-state index contributed by atoms with van der Waals surface area (Å²) < 4.78 is 0. The Hall–Kier alpha value is -0.120. The molecule has 16 heavy (non-hydrogen) atoms. The standard InChI is InChI=1S/C13H24N2O/c1-3-12-7-14-5-6-15(8-12)10-13(4-2,9-14)11(12)16/h11,16H,3-10H2,1-2H3. The molecule has 0 atom stereocenters. The Morgan fingerprint density at radius 3 is 1.62 bits per heavy atom. The Bertz CT molecular complexity index is 252. The Kier molecular flexibility index (Phi) is 2.36. The summed E-state index contributed by atoms with van der Waals surface area (Å²) >= 11 is 0. The van der Waals surface area contributed by atoms with Crippen LogP contribution in [-0.2, 0) is 0 Å². The molecule has 4 heterocycles. The van der Waals surface area contributed by atoms with E-state index in [4.69, 9.17) is 0 Å². The molecule has 4 aliphatic rings. The molecule has 4 aliphatic heterocycles. The Balaban J connectivity index is 2.04. The van der Waals surface area contributed by atoms with E-state index < -0.39 is 0 Å². The van der Waals surface area contributed by atoms with Crippen LogP contribution in [0.4, 0.5) is 0 Å². The Morgan fingerprint density at radius 2 is 1.31 bits per heavy atom. The SMILES string of the molecule is CCC12CN3CCN(C1)CC(CC)(C3)C2O. The summed E-state index contributed by atoms with van der Waals surface area (Å²) in [6.45, 7) is 11.4. The molecule has 4 saturated heterocycles. The highest BCUT2D eigenvalue weighted by Crippen LogP contribution is 2.50. The fraction of sp³-hybridized carbons (Fsp3) is 1.00. The molecule has 0 aromatic rings. The van der Waals surface area contributed by atoms with Crippen LogP contribution in [0.2, 0.25) is 0 Å².